The van der Waals surface area contributed by atoms with E-state index in [0.29, 0.717) is 34.6 Å². The first-order chi connectivity index (χ1) is 12.1. The Hall–Kier alpha value is -2.34. The lowest BCUT2D eigenvalue weighted by Gasteiger charge is -2.05. The number of hydrogen-bond acceptors (Lipinski definition) is 3. The minimum absolute atomic E-state index is 0.0964. The highest BCUT2D eigenvalue weighted by Crippen LogP contribution is 2.27. The van der Waals surface area contributed by atoms with Crippen molar-refractivity contribution < 1.29 is 18.0 Å². The van der Waals surface area contributed by atoms with Crippen LogP contribution in [0.15, 0.2) is 46.9 Å². The van der Waals surface area contributed by atoms with Crippen LogP contribution in [0.25, 0.3) is 11.0 Å². The number of thioether (sulfide) groups is 1. The van der Waals surface area contributed by atoms with Crippen LogP contribution >= 0.6 is 11.8 Å². The summed E-state index contributed by atoms with van der Waals surface area (Å²) in [4.78, 5) is 12.2. The molecule has 0 aliphatic rings. The predicted octanol–water partition coefficient (Wildman–Crippen LogP) is 4.68. The minimum Gasteiger partial charge on any atom is -0.448 e. The molecule has 0 radical (unpaired) electrons. The maximum absolute atomic E-state index is 13.7. The van der Waals surface area contributed by atoms with E-state index in [1.54, 1.807) is 37.3 Å². The Labute approximate surface area is 148 Å². The van der Waals surface area contributed by atoms with Crippen molar-refractivity contribution in [1.29, 1.82) is 0 Å². The van der Waals surface area contributed by atoms with E-state index in [4.69, 9.17) is 4.42 Å². The van der Waals surface area contributed by atoms with Gasteiger partial charge in [-0.15, -0.1) is 0 Å². The number of amides is 1. The topological polar surface area (TPSA) is 42.2 Å². The number of furan rings is 1. The van der Waals surface area contributed by atoms with Crippen molar-refractivity contribution in [3.8, 4) is 0 Å². The number of benzene rings is 2. The van der Waals surface area contributed by atoms with E-state index in [2.05, 4.69) is 5.32 Å². The Balaban J connectivity index is 1.54. The van der Waals surface area contributed by atoms with Gasteiger partial charge in [-0.3, -0.25) is 4.79 Å². The summed E-state index contributed by atoms with van der Waals surface area (Å²) in [6.07, 6.45) is 0. The van der Waals surface area contributed by atoms with Crippen LogP contribution in [0.3, 0.4) is 0 Å². The first-order valence-corrected chi connectivity index (χ1v) is 9.00. The summed E-state index contributed by atoms with van der Waals surface area (Å²) >= 11 is 1.52. The van der Waals surface area contributed by atoms with Crippen LogP contribution in [-0.4, -0.2) is 18.2 Å². The van der Waals surface area contributed by atoms with Gasteiger partial charge in [-0.25, -0.2) is 8.78 Å². The zero-order valence-electron chi connectivity index (χ0n) is 13.6. The molecule has 0 spiro atoms. The number of halogens is 2. The third-order valence-corrected chi connectivity index (χ3v) is 4.88. The molecule has 0 aliphatic heterocycles. The van der Waals surface area contributed by atoms with Crippen LogP contribution < -0.4 is 5.32 Å². The van der Waals surface area contributed by atoms with Crippen LogP contribution in [0.5, 0.6) is 0 Å². The monoisotopic (exact) mass is 361 g/mol. The lowest BCUT2D eigenvalue weighted by molar-refractivity contribution is 0.0929. The molecule has 130 valence electrons. The number of rotatable bonds is 6. The molecule has 0 atom stereocenters. The van der Waals surface area contributed by atoms with E-state index in [1.165, 1.54) is 23.9 Å². The Bertz CT molecular complexity index is 908. The van der Waals surface area contributed by atoms with E-state index < -0.39 is 5.82 Å². The predicted molar refractivity (Wildman–Crippen MR) is 95.8 cm³/mol. The Kier molecular flexibility index (Phi) is 5.38. The van der Waals surface area contributed by atoms with Gasteiger partial charge in [-0.2, -0.15) is 11.8 Å². The van der Waals surface area contributed by atoms with E-state index >= 15 is 0 Å². The van der Waals surface area contributed by atoms with Crippen molar-refractivity contribution in [2.75, 3.05) is 12.3 Å². The summed E-state index contributed by atoms with van der Waals surface area (Å²) in [5.74, 6) is 0.211. The fourth-order valence-corrected chi connectivity index (χ4v) is 3.38. The summed E-state index contributed by atoms with van der Waals surface area (Å²) < 4.78 is 32.6. The normalized spacial score (nSPS) is 11.0. The largest absolute Gasteiger partial charge is 0.448 e. The van der Waals surface area contributed by atoms with Crippen LogP contribution in [0.2, 0.25) is 0 Å². The number of fused-ring (bicyclic) bond motifs is 1. The second-order valence-electron chi connectivity index (χ2n) is 5.57. The molecule has 25 heavy (non-hydrogen) atoms. The van der Waals surface area contributed by atoms with Gasteiger partial charge in [0.2, 0.25) is 0 Å². The fourth-order valence-electron chi connectivity index (χ4n) is 2.54. The molecule has 1 aromatic heterocycles. The van der Waals surface area contributed by atoms with Crippen molar-refractivity contribution in [3.05, 3.63) is 71.0 Å². The Morgan fingerprint density at radius 1 is 1.12 bits per heavy atom. The van der Waals surface area contributed by atoms with E-state index in [1.807, 2.05) is 0 Å². The Morgan fingerprint density at radius 3 is 2.64 bits per heavy atom. The van der Waals surface area contributed by atoms with Crippen molar-refractivity contribution >= 4 is 28.6 Å². The molecule has 3 rings (SSSR count). The van der Waals surface area contributed by atoms with Gasteiger partial charge in [-0.1, -0.05) is 30.3 Å². The van der Waals surface area contributed by atoms with Gasteiger partial charge in [0.15, 0.2) is 17.2 Å². The first-order valence-electron chi connectivity index (χ1n) is 7.85. The van der Waals surface area contributed by atoms with Gasteiger partial charge >= 0.3 is 0 Å². The smallest absolute Gasteiger partial charge is 0.287 e. The van der Waals surface area contributed by atoms with E-state index in [-0.39, 0.29) is 23.1 Å². The molecule has 6 heteroatoms. The molecule has 0 fully saturated rings. The second kappa shape index (κ2) is 7.70. The zero-order valence-corrected chi connectivity index (χ0v) is 14.5. The maximum Gasteiger partial charge on any atom is 0.287 e. The SMILES string of the molecule is Cc1c(C(=O)NCCSCc2ccccc2F)oc2c(F)cccc12. The summed E-state index contributed by atoms with van der Waals surface area (Å²) in [6.45, 7) is 2.14. The molecule has 0 saturated heterocycles. The van der Waals surface area contributed by atoms with Gasteiger partial charge in [0.25, 0.3) is 5.91 Å². The second-order valence-corrected chi connectivity index (χ2v) is 6.68. The molecule has 3 aromatic rings. The van der Waals surface area contributed by atoms with Crippen LogP contribution in [-0.2, 0) is 5.75 Å². The van der Waals surface area contributed by atoms with E-state index in [0.717, 1.165) is 0 Å². The molecule has 1 N–H and O–H groups in total. The minimum atomic E-state index is -0.486. The number of carbonyl (C=O) groups is 1. The van der Waals surface area contributed by atoms with Crippen molar-refractivity contribution in [2.24, 2.45) is 0 Å². The summed E-state index contributed by atoms with van der Waals surface area (Å²) in [7, 11) is 0. The third kappa shape index (κ3) is 3.85. The molecule has 0 saturated carbocycles. The highest BCUT2D eigenvalue weighted by atomic mass is 32.2. The van der Waals surface area contributed by atoms with Crippen LogP contribution in [0, 0.1) is 18.6 Å². The summed E-state index contributed by atoms with van der Waals surface area (Å²) in [5.41, 5.74) is 1.35. The van der Waals surface area contributed by atoms with Crippen molar-refractivity contribution in [3.63, 3.8) is 0 Å². The molecule has 0 bridgehead atoms. The standard InChI is InChI=1S/C19H17F2NO2S/c1-12-14-6-4-8-16(21)18(14)24-17(12)19(23)22-9-10-25-11-13-5-2-3-7-15(13)20/h2-8H,9-11H2,1H3,(H,22,23). The first kappa shape index (κ1) is 17.5. The van der Waals surface area contributed by atoms with Gasteiger partial charge in [-0.05, 0) is 24.6 Å². The quantitative estimate of drug-likeness (QED) is 0.648. The lowest BCUT2D eigenvalue weighted by Crippen LogP contribution is -2.25. The molecule has 0 aliphatic carbocycles. The average molecular weight is 361 g/mol. The number of hydrogen-bond donors (Lipinski definition) is 1. The molecule has 1 heterocycles. The summed E-state index contributed by atoms with van der Waals surface area (Å²) in [5, 5.41) is 3.35. The van der Waals surface area contributed by atoms with E-state index in [9.17, 15) is 13.6 Å². The number of nitrogens with one attached hydrogen (secondary N) is 1. The fraction of sp³-hybridized carbons (Fsp3) is 0.211. The number of para-hydroxylation sites is 1. The number of carbonyl (C=O) groups excluding carboxylic acids is 1. The Morgan fingerprint density at radius 2 is 1.88 bits per heavy atom. The molecule has 3 nitrogen and oxygen atoms in total. The van der Waals surface area contributed by atoms with Crippen molar-refractivity contribution in [1.82, 2.24) is 5.32 Å². The highest BCUT2D eigenvalue weighted by molar-refractivity contribution is 7.98. The van der Waals surface area contributed by atoms with Gasteiger partial charge < -0.3 is 9.73 Å². The molecule has 1 amide bonds. The maximum atomic E-state index is 13.7. The van der Waals surface area contributed by atoms with Crippen LogP contribution in [0.4, 0.5) is 8.78 Å². The van der Waals surface area contributed by atoms with Gasteiger partial charge in [0.1, 0.15) is 5.82 Å². The van der Waals surface area contributed by atoms with Gasteiger partial charge in [0, 0.05) is 29.0 Å². The third-order valence-electron chi connectivity index (χ3n) is 3.87. The average Bonchev–Trinajstić information content (AvgIpc) is 2.95. The van der Waals surface area contributed by atoms with Crippen molar-refractivity contribution in [2.45, 2.75) is 12.7 Å². The molecule has 2 aromatic carbocycles. The van der Waals surface area contributed by atoms with Gasteiger partial charge in [0.05, 0.1) is 0 Å². The molecular weight excluding hydrogens is 344 g/mol. The highest BCUT2D eigenvalue weighted by Gasteiger charge is 2.19. The number of aryl methyl sites for hydroxylation is 1. The molecule has 0 unspecified atom stereocenters. The van der Waals surface area contributed by atoms with Crippen LogP contribution in [0.1, 0.15) is 21.7 Å². The lowest BCUT2D eigenvalue weighted by atomic mass is 10.1. The molecular formula is C19H17F2NO2S. The summed E-state index contributed by atoms with van der Waals surface area (Å²) in [6, 6.07) is 11.2. The zero-order chi connectivity index (χ0) is 17.8.